The number of aromatic nitrogens is 3. The smallest absolute Gasteiger partial charge is 0.329 e. The molecule has 0 saturated heterocycles. The Hall–Kier alpha value is -5.02. The number of methoxy groups -OCH3 is 1. The standard InChI is InChI=1S/C47H53ClN4O5/c1-31(29-57-43-16-22-49-41-12-6-8-32(2)44(41)43)24-35-25-33-14-15-39(56-30-38-17-23-52(51-38)28-34-9-4-5-13-42(34)55-3)27-40(33)46(35)18-20-47(21-19-46,45(53)54)50-37-11-7-10-36(48)26-37/h4-5,7,9-11,13-17,22-23,26-27,31-32,35,50H,6,8,12,18-21,24-25,28-30H2,1-3H3,(H,53,54)/t31-,32-,35?,46?,47?/m1/s1. The number of fused-ring (bicyclic) bond motifs is 3. The van der Waals surface area contributed by atoms with E-state index in [2.05, 4.69) is 42.3 Å². The number of aliphatic carboxylic acids is 1. The van der Waals surface area contributed by atoms with Crippen molar-refractivity contribution in [3.63, 3.8) is 0 Å². The van der Waals surface area contributed by atoms with Gasteiger partial charge in [0.25, 0.3) is 0 Å². The summed E-state index contributed by atoms with van der Waals surface area (Å²) < 4.78 is 20.5. The number of carboxylic acid groups (broad SMARTS) is 1. The minimum absolute atomic E-state index is 0.196. The van der Waals surface area contributed by atoms with Gasteiger partial charge in [0.1, 0.15) is 29.4 Å². The van der Waals surface area contributed by atoms with Crippen LogP contribution in [0.15, 0.2) is 91.3 Å². The van der Waals surface area contributed by atoms with Gasteiger partial charge in [-0.3, -0.25) is 9.67 Å². The molecule has 2 N–H and O–H groups in total. The van der Waals surface area contributed by atoms with E-state index in [0.29, 0.717) is 55.4 Å². The molecule has 3 aliphatic carbocycles. The molecule has 10 heteroatoms. The summed E-state index contributed by atoms with van der Waals surface area (Å²) in [6.07, 6.45) is 11.6. The number of ether oxygens (including phenoxy) is 3. The van der Waals surface area contributed by atoms with E-state index in [9.17, 15) is 9.90 Å². The number of rotatable bonds is 14. The molecule has 0 radical (unpaired) electrons. The second kappa shape index (κ2) is 16.5. The lowest BCUT2D eigenvalue weighted by atomic mass is 9.59. The van der Waals surface area contributed by atoms with Crippen LogP contribution < -0.4 is 19.5 Å². The largest absolute Gasteiger partial charge is 0.496 e. The Morgan fingerprint density at radius 2 is 1.86 bits per heavy atom. The number of carboxylic acids is 1. The van der Waals surface area contributed by atoms with Crippen molar-refractivity contribution >= 4 is 23.3 Å². The number of hydrogen-bond acceptors (Lipinski definition) is 7. The van der Waals surface area contributed by atoms with E-state index >= 15 is 0 Å². The summed E-state index contributed by atoms with van der Waals surface area (Å²) in [7, 11) is 1.68. The highest BCUT2D eigenvalue weighted by Crippen LogP contribution is 2.57. The van der Waals surface area contributed by atoms with Crippen LogP contribution in [-0.2, 0) is 36.2 Å². The number of carbonyl (C=O) groups is 1. The van der Waals surface area contributed by atoms with Crippen LogP contribution >= 0.6 is 11.6 Å². The van der Waals surface area contributed by atoms with Gasteiger partial charge in [-0.15, -0.1) is 0 Å². The van der Waals surface area contributed by atoms with Crippen LogP contribution in [0.4, 0.5) is 5.69 Å². The minimum Gasteiger partial charge on any atom is -0.496 e. The number of benzene rings is 3. The molecule has 2 aromatic heterocycles. The van der Waals surface area contributed by atoms with Gasteiger partial charge in [0.2, 0.25) is 0 Å². The quantitative estimate of drug-likeness (QED) is 0.115. The molecule has 1 spiro atoms. The number of pyridine rings is 1. The summed E-state index contributed by atoms with van der Waals surface area (Å²) >= 11 is 6.32. The first kappa shape index (κ1) is 38.8. The highest BCUT2D eigenvalue weighted by molar-refractivity contribution is 6.30. The van der Waals surface area contributed by atoms with Gasteiger partial charge in [-0.25, -0.2) is 4.79 Å². The second-order valence-corrected chi connectivity index (χ2v) is 17.1. The third kappa shape index (κ3) is 8.09. The lowest BCUT2D eigenvalue weighted by molar-refractivity contribution is -0.144. The Morgan fingerprint density at radius 3 is 2.67 bits per heavy atom. The molecule has 1 saturated carbocycles. The Kier molecular flexibility index (Phi) is 11.2. The molecule has 1 fully saturated rings. The number of halogens is 1. The predicted molar refractivity (Wildman–Crippen MR) is 223 cm³/mol. The molecule has 8 rings (SSSR count). The normalized spacial score (nSPS) is 23.0. The van der Waals surface area contributed by atoms with E-state index < -0.39 is 11.5 Å². The summed E-state index contributed by atoms with van der Waals surface area (Å²) in [6.45, 7) is 6.14. The third-order valence-corrected chi connectivity index (χ3v) is 13.1. The topological polar surface area (TPSA) is 108 Å². The molecule has 2 heterocycles. The second-order valence-electron chi connectivity index (χ2n) is 16.6. The van der Waals surface area contributed by atoms with Gasteiger partial charge in [-0.05, 0) is 141 Å². The fourth-order valence-corrected chi connectivity index (χ4v) is 10.1. The van der Waals surface area contributed by atoms with Crippen LogP contribution in [0.1, 0.15) is 98.4 Å². The molecule has 3 aliphatic rings. The highest BCUT2D eigenvalue weighted by atomic mass is 35.5. The van der Waals surface area contributed by atoms with E-state index in [0.717, 1.165) is 72.7 Å². The lowest BCUT2D eigenvalue weighted by Crippen LogP contribution is -2.53. The van der Waals surface area contributed by atoms with Gasteiger partial charge in [-0.2, -0.15) is 5.10 Å². The van der Waals surface area contributed by atoms with E-state index in [-0.39, 0.29) is 5.41 Å². The Morgan fingerprint density at radius 1 is 1.02 bits per heavy atom. The van der Waals surface area contributed by atoms with Crippen LogP contribution in [0, 0.1) is 11.8 Å². The number of para-hydroxylation sites is 1. The van der Waals surface area contributed by atoms with Gasteiger partial charge >= 0.3 is 5.97 Å². The number of nitrogens with one attached hydrogen (secondary N) is 1. The number of anilines is 1. The monoisotopic (exact) mass is 788 g/mol. The summed E-state index contributed by atoms with van der Waals surface area (Å²) in [5.41, 5.74) is 6.41. The summed E-state index contributed by atoms with van der Waals surface area (Å²) in [6, 6.07) is 25.9. The first-order chi connectivity index (χ1) is 27.6. The van der Waals surface area contributed by atoms with E-state index in [1.807, 2.05) is 65.6 Å². The number of aryl methyl sites for hydroxylation is 1. The minimum atomic E-state index is -1.09. The summed E-state index contributed by atoms with van der Waals surface area (Å²) in [5.74, 6) is 2.85. The molecule has 3 aromatic carbocycles. The molecule has 1 unspecified atom stereocenters. The number of nitrogens with zero attached hydrogens (tertiary/aromatic N) is 3. The van der Waals surface area contributed by atoms with Crippen molar-refractivity contribution in [1.82, 2.24) is 14.8 Å². The average molecular weight is 789 g/mol. The zero-order valence-corrected chi connectivity index (χ0v) is 33.9. The molecule has 57 heavy (non-hydrogen) atoms. The van der Waals surface area contributed by atoms with Crippen LogP contribution in [0.25, 0.3) is 0 Å². The van der Waals surface area contributed by atoms with E-state index in [1.54, 1.807) is 19.2 Å². The predicted octanol–water partition coefficient (Wildman–Crippen LogP) is 10.0. The fourth-order valence-electron chi connectivity index (χ4n) is 9.90. The van der Waals surface area contributed by atoms with Crippen molar-refractivity contribution in [3.05, 3.63) is 130 Å². The fraction of sp³-hybridized carbons (Fsp3) is 0.426. The Labute approximate surface area is 340 Å². The Balaban J connectivity index is 1.01. The maximum absolute atomic E-state index is 13.1. The molecule has 5 aromatic rings. The van der Waals surface area contributed by atoms with Crippen molar-refractivity contribution in [1.29, 1.82) is 0 Å². The first-order valence-corrected chi connectivity index (χ1v) is 20.8. The SMILES string of the molecule is COc1ccccc1Cn1ccc(COc2ccc3c(c2)C2(CCC(Nc4cccc(Cl)c4)(C(=O)O)CC2)C(C[C@@H](C)COc2ccnc4c2[C@H](C)CCC4)C3)n1. The van der Waals surface area contributed by atoms with Gasteiger partial charge < -0.3 is 24.6 Å². The molecule has 9 nitrogen and oxygen atoms in total. The number of hydrogen-bond donors (Lipinski definition) is 2. The van der Waals surface area contributed by atoms with E-state index in [4.69, 9.17) is 30.9 Å². The first-order valence-electron chi connectivity index (χ1n) is 20.4. The lowest BCUT2D eigenvalue weighted by Gasteiger charge is -2.47. The summed E-state index contributed by atoms with van der Waals surface area (Å²) in [4.78, 5) is 17.8. The molecule has 3 atom stereocenters. The molecule has 0 bridgehead atoms. The van der Waals surface area contributed by atoms with Crippen molar-refractivity contribution in [3.8, 4) is 17.2 Å². The molecule has 298 valence electrons. The van der Waals surface area contributed by atoms with Crippen molar-refractivity contribution < 1.29 is 24.1 Å². The van der Waals surface area contributed by atoms with Crippen LogP contribution in [0.5, 0.6) is 17.2 Å². The van der Waals surface area contributed by atoms with Crippen LogP contribution in [0.2, 0.25) is 5.02 Å². The zero-order valence-electron chi connectivity index (χ0n) is 33.2. The van der Waals surface area contributed by atoms with Crippen molar-refractivity contribution in [2.75, 3.05) is 19.0 Å². The summed E-state index contributed by atoms with van der Waals surface area (Å²) in [5, 5.41) is 19.5. The molecular weight excluding hydrogens is 736 g/mol. The van der Waals surface area contributed by atoms with Gasteiger partial charge in [0.05, 0.1) is 26.0 Å². The van der Waals surface area contributed by atoms with Gasteiger partial charge in [0.15, 0.2) is 0 Å². The average Bonchev–Trinajstić information content (AvgIpc) is 3.78. The van der Waals surface area contributed by atoms with Crippen molar-refractivity contribution in [2.45, 2.75) is 102 Å². The van der Waals surface area contributed by atoms with Crippen LogP contribution in [-0.4, -0.2) is 45.1 Å². The highest BCUT2D eigenvalue weighted by Gasteiger charge is 2.54. The van der Waals surface area contributed by atoms with Crippen LogP contribution in [0.3, 0.4) is 0 Å². The zero-order chi connectivity index (χ0) is 39.6. The van der Waals surface area contributed by atoms with E-state index in [1.165, 1.54) is 28.8 Å². The maximum Gasteiger partial charge on any atom is 0.329 e. The molecule has 0 amide bonds. The third-order valence-electron chi connectivity index (χ3n) is 12.9. The van der Waals surface area contributed by atoms with Gasteiger partial charge in [-0.1, -0.05) is 55.8 Å². The molecular formula is C47H53ClN4O5. The van der Waals surface area contributed by atoms with Crippen molar-refractivity contribution in [2.24, 2.45) is 11.8 Å². The molecule has 0 aliphatic heterocycles. The van der Waals surface area contributed by atoms with Gasteiger partial charge in [0, 0.05) is 39.9 Å². The Bertz CT molecular complexity index is 2210. The maximum atomic E-state index is 13.1.